The van der Waals surface area contributed by atoms with E-state index < -0.39 is 0 Å². The summed E-state index contributed by atoms with van der Waals surface area (Å²) in [5.74, 6) is -0.379. The molecule has 0 bridgehead atoms. The van der Waals surface area contributed by atoms with Crippen LogP contribution in [0, 0.1) is 0 Å². The number of rotatable bonds is 6. The molecule has 0 aliphatic carbocycles. The van der Waals surface area contributed by atoms with Gasteiger partial charge in [-0.15, -0.1) is 0 Å². The van der Waals surface area contributed by atoms with E-state index in [-0.39, 0.29) is 18.0 Å². The molecule has 0 spiro atoms. The largest absolute Gasteiger partial charge is 0.423 e. The van der Waals surface area contributed by atoms with Gasteiger partial charge in [0.25, 0.3) is 0 Å². The number of hydrogen-bond donors (Lipinski definition) is 2. The molecule has 0 fully saturated rings. The van der Waals surface area contributed by atoms with E-state index in [2.05, 4.69) is 0 Å². The Balaban J connectivity index is 1.79. The third kappa shape index (κ3) is 3.92. The Kier molecular flexibility index (Phi) is 5.34. The van der Waals surface area contributed by atoms with Crippen LogP contribution in [0.15, 0.2) is 63.8 Å². The lowest BCUT2D eigenvalue weighted by atomic mass is 10.1. The Morgan fingerprint density at radius 3 is 2.62 bits per heavy atom. The fraction of sp³-hybridized carbons (Fsp3) is 0.200. The Hall–Kier alpha value is -3.12. The van der Waals surface area contributed by atoms with Crippen LogP contribution in [0.25, 0.3) is 11.0 Å². The normalized spacial score (nSPS) is 10.7. The molecule has 6 nitrogen and oxygen atoms in total. The molecule has 1 heterocycles. The summed E-state index contributed by atoms with van der Waals surface area (Å²) in [6, 6.07) is 16.9. The first-order valence-electron chi connectivity index (χ1n) is 8.37. The van der Waals surface area contributed by atoms with E-state index in [0.29, 0.717) is 12.0 Å². The molecular weight excluding hydrogens is 332 g/mol. The zero-order valence-corrected chi connectivity index (χ0v) is 14.4. The SMILES string of the molecule is CN(c1ccc(CCCC(=O)NO)cc1)c1cc(=O)oc2ccccc12. The van der Waals surface area contributed by atoms with Gasteiger partial charge in [0.1, 0.15) is 5.58 Å². The van der Waals surface area contributed by atoms with Crippen molar-refractivity contribution in [2.75, 3.05) is 11.9 Å². The Labute approximate surface area is 150 Å². The van der Waals surface area contributed by atoms with E-state index in [1.165, 1.54) is 6.07 Å². The van der Waals surface area contributed by atoms with Crippen molar-refractivity contribution in [1.82, 2.24) is 5.48 Å². The highest BCUT2D eigenvalue weighted by Crippen LogP contribution is 2.29. The summed E-state index contributed by atoms with van der Waals surface area (Å²) < 4.78 is 5.25. The van der Waals surface area contributed by atoms with Gasteiger partial charge in [-0.1, -0.05) is 24.3 Å². The third-order valence-electron chi connectivity index (χ3n) is 4.31. The van der Waals surface area contributed by atoms with Gasteiger partial charge in [-0.3, -0.25) is 10.0 Å². The molecule has 26 heavy (non-hydrogen) atoms. The van der Waals surface area contributed by atoms with Crippen LogP contribution in [0.3, 0.4) is 0 Å². The minimum absolute atomic E-state index is 0.282. The fourth-order valence-electron chi connectivity index (χ4n) is 2.91. The average molecular weight is 352 g/mol. The van der Waals surface area contributed by atoms with Crippen LogP contribution in [-0.4, -0.2) is 18.2 Å². The summed E-state index contributed by atoms with van der Waals surface area (Å²) >= 11 is 0. The van der Waals surface area contributed by atoms with E-state index in [9.17, 15) is 9.59 Å². The second kappa shape index (κ2) is 7.84. The van der Waals surface area contributed by atoms with E-state index in [1.807, 2.05) is 54.4 Å². The number of nitrogens with zero attached hydrogens (tertiary/aromatic N) is 1. The quantitative estimate of drug-likeness (QED) is 0.404. The van der Waals surface area contributed by atoms with E-state index in [4.69, 9.17) is 9.62 Å². The number of nitrogens with one attached hydrogen (secondary N) is 1. The van der Waals surface area contributed by atoms with Crippen molar-refractivity contribution >= 4 is 28.3 Å². The molecule has 1 aromatic heterocycles. The van der Waals surface area contributed by atoms with E-state index in [1.54, 1.807) is 11.5 Å². The summed E-state index contributed by atoms with van der Waals surface area (Å²) in [7, 11) is 1.90. The van der Waals surface area contributed by atoms with Gasteiger partial charge >= 0.3 is 5.63 Å². The van der Waals surface area contributed by atoms with Crippen LogP contribution in [-0.2, 0) is 11.2 Å². The van der Waals surface area contributed by atoms with Crippen molar-refractivity contribution < 1.29 is 14.4 Å². The highest BCUT2D eigenvalue weighted by molar-refractivity contribution is 5.92. The molecule has 0 saturated carbocycles. The lowest BCUT2D eigenvalue weighted by molar-refractivity contribution is -0.129. The number of hydroxylamine groups is 1. The van der Waals surface area contributed by atoms with Crippen molar-refractivity contribution in [3.8, 4) is 0 Å². The number of hydrogen-bond acceptors (Lipinski definition) is 5. The third-order valence-corrected chi connectivity index (χ3v) is 4.31. The minimum Gasteiger partial charge on any atom is -0.423 e. The first kappa shape index (κ1) is 17.7. The standard InChI is InChI=1S/C20H20N2O4/c1-22(17-13-20(24)26-18-7-3-2-6-16(17)18)15-11-9-14(10-12-15)5-4-8-19(23)21-25/h2-3,6-7,9-13,25H,4-5,8H2,1H3,(H,21,23). The van der Waals surface area contributed by atoms with Crippen molar-refractivity contribution in [2.24, 2.45) is 0 Å². The molecule has 3 aromatic rings. The van der Waals surface area contributed by atoms with Gasteiger partial charge in [-0.25, -0.2) is 10.3 Å². The van der Waals surface area contributed by atoms with Crippen LogP contribution < -0.4 is 16.0 Å². The molecule has 134 valence electrons. The monoisotopic (exact) mass is 352 g/mol. The van der Waals surface area contributed by atoms with Gasteiger partial charge in [-0.2, -0.15) is 0 Å². The Bertz CT molecular complexity index is 963. The maximum absolute atomic E-state index is 11.8. The lowest BCUT2D eigenvalue weighted by Gasteiger charge is -2.21. The molecule has 0 aliphatic heterocycles. The molecule has 2 aromatic carbocycles. The maximum Gasteiger partial charge on any atom is 0.338 e. The van der Waals surface area contributed by atoms with Crippen LogP contribution in [0.5, 0.6) is 0 Å². The number of amides is 1. The number of fused-ring (bicyclic) bond motifs is 1. The maximum atomic E-state index is 11.8. The van der Waals surface area contributed by atoms with Gasteiger partial charge in [0.05, 0.1) is 5.69 Å². The first-order chi connectivity index (χ1) is 12.6. The second-order valence-electron chi connectivity index (χ2n) is 6.06. The van der Waals surface area contributed by atoms with Crippen molar-refractivity contribution in [3.05, 3.63) is 70.6 Å². The number of carbonyl (C=O) groups excluding carboxylic acids is 1. The van der Waals surface area contributed by atoms with Crippen LogP contribution in [0.4, 0.5) is 11.4 Å². The minimum atomic E-state index is -0.385. The summed E-state index contributed by atoms with van der Waals surface area (Å²) in [6.07, 6.45) is 1.69. The highest BCUT2D eigenvalue weighted by atomic mass is 16.5. The Morgan fingerprint density at radius 1 is 1.15 bits per heavy atom. The van der Waals surface area contributed by atoms with Gasteiger partial charge in [0, 0.05) is 30.6 Å². The summed E-state index contributed by atoms with van der Waals surface area (Å²) in [5, 5.41) is 9.37. The number of anilines is 2. The molecule has 0 atom stereocenters. The molecule has 0 unspecified atom stereocenters. The zero-order chi connectivity index (χ0) is 18.5. The van der Waals surface area contributed by atoms with Crippen molar-refractivity contribution in [2.45, 2.75) is 19.3 Å². The number of aryl methyl sites for hydroxylation is 1. The van der Waals surface area contributed by atoms with E-state index >= 15 is 0 Å². The smallest absolute Gasteiger partial charge is 0.338 e. The summed E-state index contributed by atoms with van der Waals surface area (Å²) in [4.78, 5) is 24.8. The Morgan fingerprint density at radius 2 is 1.88 bits per heavy atom. The predicted molar refractivity (Wildman–Crippen MR) is 99.9 cm³/mol. The first-order valence-corrected chi connectivity index (χ1v) is 8.37. The van der Waals surface area contributed by atoms with Gasteiger partial charge < -0.3 is 9.32 Å². The molecule has 0 saturated heterocycles. The number of benzene rings is 2. The number of para-hydroxylation sites is 1. The van der Waals surface area contributed by atoms with Crippen molar-refractivity contribution in [3.63, 3.8) is 0 Å². The molecule has 1 amide bonds. The van der Waals surface area contributed by atoms with E-state index in [0.717, 1.165) is 28.7 Å². The van der Waals surface area contributed by atoms with Gasteiger partial charge in [-0.05, 0) is 42.7 Å². The number of carbonyl (C=O) groups is 1. The van der Waals surface area contributed by atoms with Gasteiger partial charge in [0.2, 0.25) is 5.91 Å². The summed E-state index contributed by atoms with van der Waals surface area (Å²) in [5.41, 5.74) is 4.63. The van der Waals surface area contributed by atoms with Crippen LogP contribution >= 0.6 is 0 Å². The molecule has 6 heteroatoms. The highest BCUT2D eigenvalue weighted by Gasteiger charge is 2.11. The van der Waals surface area contributed by atoms with Gasteiger partial charge in [0.15, 0.2) is 0 Å². The van der Waals surface area contributed by atoms with Crippen molar-refractivity contribution in [1.29, 1.82) is 0 Å². The fourth-order valence-corrected chi connectivity index (χ4v) is 2.91. The lowest BCUT2D eigenvalue weighted by Crippen LogP contribution is -2.18. The second-order valence-corrected chi connectivity index (χ2v) is 6.06. The average Bonchev–Trinajstić information content (AvgIpc) is 2.67. The molecule has 0 radical (unpaired) electrons. The predicted octanol–water partition coefficient (Wildman–Crippen LogP) is 3.39. The molecular formula is C20H20N2O4. The topological polar surface area (TPSA) is 82.8 Å². The summed E-state index contributed by atoms with van der Waals surface area (Å²) in [6.45, 7) is 0. The molecule has 0 aliphatic rings. The molecule has 3 rings (SSSR count). The zero-order valence-electron chi connectivity index (χ0n) is 14.4. The van der Waals surface area contributed by atoms with Crippen LogP contribution in [0.2, 0.25) is 0 Å². The van der Waals surface area contributed by atoms with Crippen LogP contribution in [0.1, 0.15) is 18.4 Å². The molecule has 2 N–H and O–H groups in total.